The first-order valence-electron chi connectivity index (χ1n) is 6.57. The van der Waals surface area contributed by atoms with Gasteiger partial charge in [-0.1, -0.05) is 12.1 Å². The van der Waals surface area contributed by atoms with Crippen molar-refractivity contribution in [3.05, 3.63) is 53.2 Å². The van der Waals surface area contributed by atoms with Crippen molar-refractivity contribution in [1.82, 2.24) is 4.98 Å². The van der Waals surface area contributed by atoms with Crippen LogP contribution in [0.3, 0.4) is 0 Å². The number of nitrogens with zero attached hydrogens (tertiary/aromatic N) is 1. The van der Waals surface area contributed by atoms with Gasteiger partial charge in [-0.05, 0) is 50.1 Å². The van der Waals surface area contributed by atoms with Crippen LogP contribution in [0.1, 0.15) is 23.6 Å². The number of pyridine rings is 1. The van der Waals surface area contributed by atoms with Crippen molar-refractivity contribution in [2.45, 2.75) is 27.4 Å². The summed E-state index contributed by atoms with van der Waals surface area (Å²) in [7, 11) is 0. The molecule has 0 radical (unpaired) electrons. The second-order valence-corrected chi connectivity index (χ2v) is 4.69. The zero-order chi connectivity index (χ0) is 13.7. The minimum Gasteiger partial charge on any atom is -0.489 e. The van der Waals surface area contributed by atoms with E-state index in [-0.39, 0.29) is 0 Å². The molecule has 1 N–H and O–H groups in total. The molecule has 1 aromatic heterocycles. The van der Waals surface area contributed by atoms with Gasteiger partial charge in [0.1, 0.15) is 18.2 Å². The maximum atomic E-state index is 5.79. The van der Waals surface area contributed by atoms with Crippen LogP contribution in [-0.2, 0) is 6.61 Å². The van der Waals surface area contributed by atoms with E-state index in [1.807, 2.05) is 30.5 Å². The largest absolute Gasteiger partial charge is 0.489 e. The molecule has 0 aliphatic heterocycles. The Kier molecular flexibility index (Phi) is 4.39. The van der Waals surface area contributed by atoms with Crippen LogP contribution in [0.4, 0.5) is 5.82 Å². The summed E-state index contributed by atoms with van der Waals surface area (Å²) in [6.45, 7) is 7.63. The second kappa shape index (κ2) is 6.23. The smallest absolute Gasteiger partial charge is 0.125 e. The topological polar surface area (TPSA) is 34.1 Å². The van der Waals surface area contributed by atoms with E-state index in [2.05, 4.69) is 37.1 Å². The first-order valence-corrected chi connectivity index (χ1v) is 6.57. The molecule has 2 aromatic rings. The lowest BCUT2D eigenvalue weighted by Crippen LogP contribution is -2.01. The van der Waals surface area contributed by atoms with Gasteiger partial charge in [0.25, 0.3) is 0 Å². The second-order valence-electron chi connectivity index (χ2n) is 4.69. The summed E-state index contributed by atoms with van der Waals surface area (Å²) in [6.07, 6.45) is 1.85. The van der Waals surface area contributed by atoms with Crippen molar-refractivity contribution in [1.29, 1.82) is 0 Å². The van der Waals surface area contributed by atoms with E-state index in [0.717, 1.165) is 23.7 Å². The Morgan fingerprint density at radius 2 is 1.84 bits per heavy atom. The molecule has 0 saturated heterocycles. The zero-order valence-corrected chi connectivity index (χ0v) is 11.7. The Hall–Kier alpha value is -2.03. The quantitative estimate of drug-likeness (QED) is 0.885. The average Bonchev–Trinajstić information content (AvgIpc) is 2.37. The highest BCUT2D eigenvalue weighted by Gasteiger charge is 1.99. The van der Waals surface area contributed by atoms with E-state index in [4.69, 9.17) is 4.74 Å². The van der Waals surface area contributed by atoms with Crippen molar-refractivity contribution in [3.8, 4) is 5.75 Å². The van der Waals surface area contributed by atoms with E-state index in [9.17, 15) is 0 Å². The molecule has 0 unspecified atom stereocenters. The van der Waals surface area contributed by atoms with Gasteiger partial charge < -0.3 is 10.1 Å². The Morgan fingerprint density at radius 3 is 2.42 bits per heavy atom. The number of ether oxygens (including phenoxy) is 1. The molecule has 0 spiro atoms. The van der Waals surface area contributed by atoms with Gasteiger partial charge in [0.05, 0.1) is 0 Å². The van der Waals surface area contributed by atoms with Gasteiger partial charge in [0, 0.05) is 18.3 Å². The van der Waals surface area contributed by atoms with E-state index < -0.39 is 0 Å². The van der Waals surface area contributed by atoms with Crippen LogP contribution in [0.15, 0.2) is 36.5 Å². The van der Waals surface area contributed by atoms with Gasteiger partial charge in [0.15, 0.2) is 0 Å². The Balaban J connectivity index is 1.98. The molecular weight excluding hydrogens is 236 g/mol. The molecule has 100 valence electrons. The monoisotopic (exact) mass is 256 g/mol. The highest BCUT2D eigenvalue weighted by Crippen LogP contribution is 2.17. The molecule has 3 heteroatoms. The molecule has 0 aliphatic carbocycles. The summed E-state index contributed by atoms with van der Waals surface area (Å²) < 4.78 is 5.79. The minimum atomic E-state index is 0.544. The van der Waals surface area contributed by atoms with Crippen LogP contribution < -0.4 is 10.1 Å². The van der Waals surface area contributed by atoms with Crippen LogP contribution in [-0.4, -0.2) is 11.5 Å². The van der Waals surface area contributed by atoms with Gasteiger partial charge in [-0.25, -0.2) is 4.98 Å². The molecular formula is C16H20N2O. The number of aryl methyl sites for hydroxylation is 2. The van der Waals surface area contributed by atoms with E-state index >= 15 is 0 Å². The lowest BCUT2D eigenvalue weighted by molar-refractivity contribution is 0.305. The van der Waals surface area contributed by atoms with E-state index in [1.165, 1.54) is 11.1 Å². The SMILES string of the molecule is CCNc1ccc(COc2cc(C)cc(C)c2)cn1. The minimum absolute atomic E-state index is 0.544. The number of benzene rings is 1. The molecule has 0 aliphatic rings. The maximum absolute atomic E-state index is 5.79. The number of hydrogen-bond donors (Lipinski definition) is 1. The third-order valence-electron chi connectivity index (χ3n) is 2.78. The molecule has 3 nitrogen and oxygen atoms in total. The number of aromatic nitrogens is 1. The fraction of sp³-hybridized carbons (Fsp3) is 0.312. The Labute approximate surface area is 114 Å². The third kappa shape index (κ3) is 3.98. The van der Waals surface area contributed by atoms with Crippen molar-refractivity contribution in [3.63, 3.8) is 0 Å². The highest BCUT2D eigenvalue weighted by molar-refractivity contribution is 5.36. The van der Waals surface area contributed by atoms with Crippen LogP contribution in [0.2, 0.25) is 0 Å². The Bertz CT molecular complexity index is 515. The fourth-order valence-corrected chi connectivity index (χ4v) is 1.98. The van der Waals surface area contributed by atoms with Gasteiger partial charge in [-0.2, -0.15) is 0 Å². The van der Waals surface area contributed by atoms with Gasteiger partial charge in [-0.15, -0.1) is 0 Å². The average molecular weight is 256 g/mol. The van der Waals surface area contributed by atoms with Gasteiger partial charge in [0.2, 0.25) is 0 Å². The molecule has 0 fully saturated rings. The lowest BCUT2D eigenvalue weighted by atomic mass is 10.1. The van der Waals surface area contributed by atoms with Crippen LogP contribution in [0.5, 0.6) is 5.75 Å². The highest BCUT2D eigenvalue weighted by atomic mass is 16.5. The summed E-state index contributed by atoms with van der Waals surface area (Å²) in [4.78, 5) is 4.32. The molecule has 0 bridgehead atoms. The molecule has 19 heavy (non-hydrogen) atoms. The molecule has 0 saturated carbocycles. The van der Waals surface area contributed by atoms with Gasteiger partial charge >= 0.3 is 0 Å². The normalized spacial score (nSPS) is 10.3. The summed E-state index contributed by atoms with van der Waals surface area (Å²) >= 11 is 0. The number of rotatable bonds is 5. The molecule has 0 atom stereocenters. The van der Waals surface area contributed by atoms with Crippen LogP contribution in [0.25, 0.3) is 0 Å². The first-order chi connectivity index (χ1) is 9.17. The first kappa shape index (κ1) is 13.4. The molecule has 0 amide bonds. The summed E-state index contributed by atoms with van der Waals surface area (Å²) in [5, 5.41) is 3.17. The van der Waals surface area contributed by atoms with Crippen molar-refractivity contribution in [2.75, 3.05) is 11.9 Å². The lowest BCUT2D eigenvalue weighted by Gasteiger charge is -2.09. The fourth-order valence-electron chi connectivity index (χ4n) is 1.98. The molecule has 1 heterocycles. The zero-order valence-electron chi connectivity index (χ0n) is 11.7. The summed E-state index contributed by atoms with van der Waals surface area (Å²) in [5.74, 6) is 1.81. The van der Waals surface area contributed by atoms with Crippen molar-refractivity contribution < 1.29 is 4.74 Å². The third-order valence-corrected chi connectivity index (χ3v) is 2.78. The number of nitrogens with one attached hydrogen (secondary N) is 1. The predicted octanol–water partition coefficient (Wildman–Crippen LogP) is 3.71. The van der Waals surface area contributed by atoms with Gasteiger partial charge in [-0.3, -0.25) is 0 Å². The van der Waals surface area contributed by atoms with Crippen molar-refractivity contribution in [2.24, 2.45) is 0 Å². The number of hydrogen-bond acceptors (Lipinski definition) is 3. The van der Waals surface area contributed by atoms with Crippen molar-refractivity contribution >= 4 is 5.82 Å². The van der Waals surface area contributed by atoms with E-state index in [1.54, 1.807) is 0 Å². The maximum Gasteiger partial charge on any atom is 0.125 e. The standard InChI is InChI=1S/C16H20N2O/c1-4-17-16-6-5-14(10-18-16)11-19-15-8-12(2)7-13(3)9-15/h5-10H,4,11H2,1-3H3,(H,17,18). The summed E-state index contributed by atoms with van der Waals surface area (Å²) in [5.41, 5.74) is 3.51. The molecule has 2 rings (SSSR count). The van der Waals surface area contributed by atoms with Crippen LogP contribution >= 0.6 is 0 Å². The predicted molar refractivity (Wildman–Crippen MR) is 78.6 cm³/mol. The molecule has 1 aromatic carbocycles. The van der Waals surface area contributed by atoms with E-state index in [0.29, 0.717) is 6.61 Å². The summed E-state index contributed by atoms with van der Waals surface area (Å²) in [6, 6.07) is 10.2. The number of anilines is 1. The Morgan fingerprint density at radius 1 is 1.11 bits per heavy atom. The van der Waals surface area contributed by atoms with Crippen LogP contribution in [0, 0.1) is 13.8 Å².